The van der Waals surface area contributed by atoms with Crippen molar-refractivity contribution in [1.82, 2.24) is 15.1 Å². The highest BCUT2D eigenvalue weighted by atomic mass is 19.1. The first-order valence-corrected chi connectivity index (χ1v) is 8.61. The highest BCUT2D eigenvalue weighted by Gasteiger charge is 2.25. The first kappa shape index (κ1) is 16.2. The summed E-state index contributed by atoms with van der Waals surface area (Å²) in [5, 5.41) is 7.50. The first-order valence-electron chi connectivity index (χ1n) is 8.61. The van der Waals surface area contributed by atoms with Crippen LogP contribution in [0.2, 0.25) is 0 Å². The highest BCUT2D eigenvalue weighted by molar-refractivity contribution is 5.22. The van der Waals surface area contributed by atoms with Crippen molar-refractivity contribution in [2.75, 3.05) is 13.1 Å². The van der Waals surface area contributed by atoms with Crippen LogP contribution in [0.15, 0.2) is 30.5 Å². The van der Waals surface area contributed by atoms with Gasteiger partial charge in [-0.05, 0) is 43.4 Å². The predicted molar refractivity (Wildman–Crippen MR) is 90.8 cm³/mol. The van der Waals surface area contributed by atoms with Crippen LogP contribution in [0.3, 0.4) is 0 Å². The fourth-order valence-corrected chi connectivity index (χ4v) is 3.58. The lowest BCUT2D eigenvalue weighted by Gasteiger charge is -2.33. The molecule has 124 valence electrons. The second kappa shape index (κ2) is 7.26. The van der Waals surface area contributed by atoms with Crippen molar-refractivity contribution < 1.29 is 4.39 Å². The molecule has 1 fully saturated rings. The number of aromatic nitrogens is 2. The molecule has 2 aromatic rings. The zero-order valence-corrected chi connectivity index (χ0v) is 14.1. The van der Waals surface area contributed by atoms with Crippen molar-refractivity contribution in [1.29, 1.82) is 0 Å². The number of aromatic amines is 1. The molecule has 23 heavy (non-hydrogen) atoms. The van der Waals surface area contributed by atoms with E-state index >= 15 is 0 Å². The number of halogens is 1. The third-order valence-corrected chi connectivity index (χ3v) is 4.65. The van der Waals surface area contributed by atoms with Crippen LogP contribution in [0.5, 0.6) is 0 Å². The summed E-state index contributed by atoms with van der Waals surface area (Å²) >= 11 is 0. The quantitative estimate of drug-likeness (QED) is 0.900. The molecule has 1 N–H and O–H groups in total. The number of likely N-dealkylation sites (tertiary alicyclic amines) is 1. The minimum Gasteiger partial charge on any atom is -0.298 e. The van der Waals surface area contributed by atoms with Crippen molar-refractivity contribution >= 4 is 0 Å². The Labute approximate surface area is 137 Å². The van der Waals surface area contributed by atoms with Gasteiger partial charge in [0.2, 0.25) is 0 Å². The van der Waals surface area contributed by atoms with E-state index in [4.69, 9.17) is 0 Å². The Bertz CT molecular complexity index is 635. The van der Waals surface area contributed by atoms with Gasteiger partial charge in [0.1, 0.15) is 5.82 Å². The molecule has 2 heterocycles. The molecule has 0 amide bonds. The van der Waals surface area contributed by atoms with E-state index in [9.17, 15) is 4.39 Å². The molecule has 1 aromatic carbocycles. The summed E-state index contributed by atoms with van der Waals surface area (Å²) in [6.07, 6.45) is 5.38. The Morgan fingerprint density at radius 3 is 2.91 bits per heavy atom. The molecular weight excluding hydrogens is 289 g/mol. The molecule has 0 saturated carbocycles. The molecule has 4 heteroatoms. The van der Waals surface area contributed by atoms with Gasteiger partial charge >= 0.3 is 0 Å². The molecule has 0 aliphatic carbocycles. The van der Waals surface area contributed by atoms with Crippen LogP contribution >= 0.6 is 0 Å². The molecule has 1 aliphatic heterocycles. The number of piperidine rings is 1. The summed E-state index contributed by atoms with van der Waals surface area (Å²) in [6, 6.07) is 7.10. The number of H-pyrrole nitrogens is 1. The van der Waals surface area contributed by atoms with E-state index in [0.717, 1.165) is 31.5 Å². The largest absolute Gasteiger partial charge is 0.298 e. The minimum atomic E-state index is -0.100. The standard InChI is InChI=1S/C19H26FN3/c1-14(2)10-17-11-21-22-19(17)16-7-5-9-23(13-16)12-15-6-3-4-8-18(15)20/h3-4,6,8,11,14,16H,5,7,9-10,12-13H2,1-2H3,(H,21,22)/t16-/m0/s1. The Balaban J connectivity index is 1.69. The summed E-state index contributed by atoms with van der Waals surface area (Å²) in [7, 11) is 0. The molecule has 1 saturated heterocycles. The maximum Gasteiger partial charge on any atom is 0.127 e. The van der Waals surface area contributed by atoms with Crippen LogP contribution in [0.25, 0.3) is 0 Å². The van der Waals surface area contributed by atoms with Gasteiger partial charge in [0, 0.05) is 30.3 Å². The molecular formula is C19H26FN3. The number of hydrogen-bond donors (Lipinski definition) is 1. The number of benzene rings is 1. The van der Waals surface area contributed by atoms with Crippen molar-refractivity contribution in [3.63, 3.8) is 0 Å². The SMILES string of the molecule is CC(C)Cc1cn[nH]c1[C@H]1CCCN(Cc2ccccc2F)C1. The molecule has 1 aromatic heterocycles. The van der Waals surface area contributed by atoms with Gasteiger partial charge in [0.15, 0.2) is 0 Å². The van der Waals surface area contributed by atoms with Gasteiger partial charge in [-0.25, -0.2) is 4.39 Å². The van der Waals surface area contributed by atoms with Gasteiger partial charge in [-0.2, -0.15) is 5.10 Å². The molecule has 0 bridgehead atoms. The van der Waals surface area contributed by atoms with E-state index in [0.29, 0.717) is 18.4 Å². The fraction of sp³-hybridized carbons (Fsp3) is 0.526. The van der Waals surface area contributed by atoms with E-state index in [1.165, 1.54) is 17.7 Å². The number of nitrogens with one attached hydrogen (secondary N) is 1. The molecule has 3 nitrogen and oxygen atoms in total. The van der Waals surface area contributed by atoms with E-state index < -0.39 is 0 Å². The zero-order valence-electron chi connectivity index (χ0n) is 14.1. The van der Waals surface area contributed by atoms with Crippen LogP contribution in [-0.2, 0) is 13.0 Å². The number of nitrogens with zero attached hydrogens (tertiary/aromatic N) is 2. The van der Waals surface area contributed by atoms with E-state index in [-0.39, 0.29) is 5.82 Å². The molecule has 0 unspecified atom stereocenters. The Morgan fingerprint density at radius 2 is 2.13 bits per heavy atom. The van der Waals surface area contributed by atoms with Crippen molar-refractivity contribution in [3.8, 4) is 0 Å². The smallest absolute Gasteiger partial charge is 0.127 e. The lowest BCUT2D eigenvalue weighted by molar-refractivity contribution is 0.196. The van der Waals surface area contributed by atoms with Gasteiger partial charge in [-0.3, -0.25) is 10.00 Å². The van der Waals surface area contributed by atoms with E-state index in [2.05, 4.69) is 28.9 Å². The zero-order chi connectivity index (χ0) is 16.2. The van der Waals surface area contributed by atoms with Gasteiger partial charge in [0.05, 0.1) is 6.20 Å². The second-order valence-electron chi connectivity index (χ2n) is 7.07. The monoisotopic (exact) mass is 315 g/mol. The topological polar surface area (TPSA) is 31.9 Å². The van der Waals surface area contributed by atoms with E-state index in [1.54, 1.807) is 12.1 Å². The summed E-state index contributed by atoms with van der Waals surface area (Å²) in [4.78, 5) is 2.37. The lowest BCUT2D eigenvalue weighted by atomic mass is 9.90. The summed E-state index contributed by atoms with van der Waals surface area (Å²) in [6.45, 7) is 7.18. The third kappa shape index (κ3) is 3.99. The van der Waals surface area contributed by atoms with Crippen LogP contribution in [0.4, 0.5) is 4.39 Å². The predicted octanol–water partition coefficient (Wildman–Crippen LogP) is 4.13. The summed E-state index contributed by atoms with van der Waals surface area (Å²) < 4.78 is 13.9. The molecule has 3 rings (SSSR count). The van der Waals surface area contributed by atoms with Crippen LogP contribution in [0.1, 0.15) is 49.4 Å². The average Bonchev–Trinajstić information content (AvgIpc) is 2.97. The Kier molecular flexibility index (Phi) is 5.11. The molecule has 0 radical (unpaired) electrons. The second-order valence-corrected chi connectivity index (χ2v) is 7.07. The summed E-state index contributed by atoms with van der Waals surface area (Å²) in [5.41, 5.74) is 3.43. The summed E-state index contributed by atoms with van der Waals surface area (Å²) in [5.74, 6) is 1.01. The number of hydrogen-bond acceptors (Lipinski definition) is 2. The van der Waals surface area contributed by atoms with Crippen molar-refractivity contribution in [2.45, 2.75) is 45.6 Å². The lowest BCUT2D eigenvalue weighted by Crippen LogP contribution is -2.34. The highest BCUT2D eigenvalue weighted by Crippen LogP contribution is 2.29. The Morgan fingerprint density at radius 1 is 1.30 bits per heavy atom. The van der Waals surface area contributed by atoms with Crippen molar-refractivity contribution in [3.05, 3.63) is 53.1 Å². The maximum atomic E-state index is 13.9. The van der Waals surface area contributed by atoms with Gasteiger partial charge in [-0.1, -0.05) is 32.0 Å². The molecule has 0 spiro atoms. The Hall–Kier alpha value is -1.68. The first-order chi connectivity index (χ1) is 11.1. The van der Waals surface area contributed by atoms with Crippen molar-refractivity contribution in [2.24, 2.45) is 5.92 Å². The van der Waals surface area contributed by atoms with Gasteiger partial charge in [-0.15, -0.1) is 0 Å². The minimum absolute atomic E-state index is 0.100. The third-order valence-electron chi connectivity index (χ3n) is 4.65. The average molecular weight is 315 g/mol. The molecule has 1 atom stereocenters. The number of rotatable bonds is 5. The fourth-order valence-electron chi connectivity index (χ4n) is 3.58. The van der Waals surface area contributed by atoms with Crippen LogP contribution in [0, 0.1) is 11.7 Å². The normalized spacial score (nSPS) is 19.4. The maximum absolute atomic E-state index is 13.9. The van der Waals surface area contributed by atoms with Crippen LogP contribution in [-0.4, -0.2) is 28.2 Å². The van der Waals surface area contributed by atoms with E-state index in [1.807, 2.05) is 18.3 Å². The van der Waals surface area contributed by atoms with Gasteiger partial charge in [0.25, 0.3) is 0 Å². The van der Waals surface area contributed by atoms with Crippen LogP contribution < -0.4 is 0 Å². The van der Waals surface area contributed by atoms with Gasteiger partial charge < -0.3 is 0 Å². The molecule has 1 aliphatic rings.